The van der Waals surface area contributed by atoms with E-state index in [9.17, 15) is 14.7 Å². The third-order valence-electron chi connectivity index (χ3n) is 6.92. The zero-order valence-corrected chi connectivity index (χ0v) is 22.1. The number of aromatic nitrogens is 3. The van der Waals surface area contributed by atoms with Crippen LogP contribution in [0.4, 0.5) is 0 Å². The van der Waals surface area contributed by atoms with Crippen LogP contribution in [0.25, 0.3) is 22.3 Å². The minimum Gasteiger partial charge on any atom is -0.478 e. The highest BCUT2D eigenvalue weighted by molar-refractivity contribution is 5.97. The van der Waals surface area contributed by atoms with Crippen LogP contribution in [0.3, 0.4) is 0 Å². The molecule has 3 aromatic carbocycles. The number of hydrogen-bond acceptors (Lipinski definition) is 4. The Balaban J connectivity index is 1.30. The SMILES string of the molecule is CC(C)c1cccc(C(C)NC(=O)c2ccc3c(c2)ncn3Cc2ccc(-c3ccccc3C(=O)O)nc2)c1. The molecule has 5 aromatic rings. The molecule has 2 aromatic heterocycles. The van der Waals surface area contributed by atoms with E-state index in [-0.39, 0.29) is 17.5 Å². The number of pyridine rings is 1. The van der Waals surface area contributed by atoms with E-state index < -0.39 is 5.97 Å². The smallest absolute Gasteiger partial charge is 0.336 e. The first kappa shape index (κ1) is 25.9. The van der Waals surface area contributed by atoms with Gasteiger partial charge >= 0.3 is 5.97 Å². The molecule has 0 spiro atoms. The second-order valence-electron chi connectivity index (χ2n) is 10.00. The number of carbonyl (C=O) groups excluding carboxylic acids is 1. The summed E-state index contributed by atoms with van der Waals surface area (Å²) in [6.07, 6.45) is 3.50. The quantitative estimate of drug-likeness (QED) is 0.246. The van der Waals surface area contributed by atoms with Crippen LogP contribution >= 0.6 is 0 Å². The Morgan fingerprint density at radius 1 is 0.897 bits per heavy atom. The number of hydrogen-bond donors (Lipinski definition) is 2. The molecule has 2 N–H and O–H groups in total. The van der Waals surface area contributed by atoms with Crippen molar-refractivity contribution in [1.82, 2.24) is 19.9 Å². The summed E-state index contributed by atoms with van der Waals surface area (Å²) in [4.78, 5) is 33.6. The first-order valence-corrected chi connectivity index (χ1v) is 12.9. The maximum atomic E-state index is 13.0. The third kappa shape index (κ3) is 5.57. The summed E-state index contributed by atoms with van der Waals surface area (Å²) in [5.74, 6) is -0.702. The molecule has 7 nitrogen and oxygen atoms in total. The van der Waals surface area contributed by atoms with E-state index in [0.29, 0.717) is 29.3 Å². The van der Waals surface area contributed by atoms with Crippen molar-refractivity contribution in [2.75, 3.05) is 0 Å². The largest absolute Gasteiger partial charge is 0.478 e. The zero-order chi connectivity index (χ0) is 27.5. The highest BCUT2D eigenvalue weighted by Crippen LogP contribution is 2.24. The first-order valence-electron chi connectivity index (χ1n) is 12.9. The molecular weight excluding hydrogens is 488 g/mol. The fourth-order valence-electron chi connectivity index (χ4n) is 4.65. The maximum Gasteiger partial charge on any atom is 0.336 e. The number of fused-ring (bicyclic) bond motifs is 1. The molecule has 0 bridgehead atoms. The zero-order valence-electron chi connectivity index (χ0n) is 22.1. The van der Waals surface area contributed by atoms with Crippen molar-refractivity contribution in [1.29, 1.82) is 0 Å². The second-order valence-corrected chi connectivity index (χ2v) is 10.00. The number of amides is 1. The number of carbonyl (C=O) groups is 2. The van der Waals surface area contributed by atoms with E-state index in [1.54, 1.807) is 36.8 Å². The van der Waals surface area contributed by atoms with Gasteiger partial charge in [-0.15, -0.1) is 0 Å². The number of nitrogens with one attached hydrogen (secondary N) is 1. The fraction of sp³-hybridized carbons (Fsp3) is 0.188. The van der Waals surface area contributed by atoms with E-state index >= 15 is 0 Å². The Morgan fingerprint density at radius 2 is 1.69 bits per heavy atom. The van der Waals surface area contributed by atoms with E-state index in [0.717, 1.165) is 22.2 Å². The van der Waals surface area contributed by atoms with Crippen LogP contribution in [0.15, 0.2) is 91.4 Å². The van der Waals surface area contributed by atoms with Gasteiger partial charge in [0.1, 0.15) is 0 Å². The van der Waals surface area contributed by atoms with Crippen LogP contribution in [-0.4, -0.2) is 31.5 Å². The molecular formula is C32H30N4O3. The summed E-state index contributed by atoms with van der Waals surface area (Å²) in [7, 11) is 0. The molecule has 0 aliphatic heterocycles. The number of rotatable bonds is 8. The van der Waals surface area contributed by atoms with Gasteiger partial charge in [-0.1, -0.05) is 62.4 Å². The number of carboxylic acids is 1. The van der Waals surface area contributed by atoms with Gasteiger partial charge in [0.2, 0.25) is 0 Å². The summed E-state index contributed by atoms with van der Waals surface area (Å²) in [5, 5.41) is 12.6. The molecule has 1 unspecified atom stereocenters. The van der Waals surface area contributed by atoms with Gasteiger partial charge in [-0.25, -0.2) is 9.78 Å². The standard InChI is InChI=1S/C32H30N4O3/c1-20(2)23-7-6-8-24(15-23)21(3)35-31(37)25-12-14-30-29(16-25)34-19-36(30)18-22-11-13-28(33-17-22)26-9-4-5-10-27(26)32(38)39/h4-17,19-21H,18H2,1-3H3,(H,35,37)(H,38,39). The molecule has 1 amide bonds. The normalized spacial score (nSPS) is 12.0. The molecule has 0 saturated carbocycles. The van der Waals surface area contributed by atoms with Gasteiger partial charge in [0, 0.05) is 17.3 Å². The predicted octanol–water partition coefficient (Wildman–Crippen LogP) is 6.46. The van der Waals surface area contributed by atoms with E-state index in [4.69, 9.17) is 0 Å². The molecule has 0 aliphatic rings. The highest BCUT2D eigenvalue weighted by atomic mass is 16.4. The Kier molecular flexibility index (Phi) is 7.23. The summed E-state index contributed by atoms with van der Waals surface area (Å²) in [5.41, 5.74) is 6.87. The maximum absolute atomic E-state index is 13.0. The summed E-state index contributed by atoms with van der Waals surface area (Å²) >= 11 is 0. The van der Waals surface area contributed by atoms with Crippen molar-refractivity contribution in [3.8, 4) is 11.3 Å². The monoisotopic (exact) mass is 518 g/mol. The van der Waals surface area contributed by atoms with E-state index in [1.165, 1.54) is 5.56 Å². The topological polar surface area (TPSA) is 97.1 Å². The Hall–Kier alpha value is -4.78. The van der Waals surface area contributed by atoms with Gasteiger partial charge in [-0.2, -0.15) is 0 Å². The van der Waals surface area contributed by atoms with Gasteiger partial charge in [0.05, 0.1) is 41.2 Å². The number of imidazole rings is 1. The third-order valence-corrected chi connectivity index (χ3v) is 6.92. The lowest BCUT2D eigenvalue weighted by molar-refractivity contribution is 0.0697. The van der Waals surface area contributed by atoms with Crippen LogP contribution in [-0.2, 0) is 6.54 Å². The second kappa shape index (κ2) is 10.9. The van der Waals surface area contributed by atoms with Gasteiger partial charge in [-0.05, 0) is 59.9 Å². The number of benzene rings is 3. The van der Waals surface area contributed by atoms with Crippen LogP contribution in [0.2, 0.25) is 0 Å². The Labute approximate surface area is 227 Å². The lowest BCUT2D eigenvalue weighted by atomic mass is 9.98. The molecule has 0 aliphatic carbocycles. The van der Waals surface area contributed by atoms with Crippen molar-refractivity contribution < 1.29 is 14.7 Å². The van der Waals surface area contributed by atoms with Crippen molar-refractivity contribution in [3.05, 3.63) is 119 Å². The average molecular weight is 519 g/mol. The minimum atomic E-state index is -0.982. The van der Waals surface area contributed by atoms with Crippen LogP contribution in [0, 0.1) is 0 Å². The lowest BCUT2D eigenvalue weighted by Gasteiger charge is -2.16. The van der Waals surface area contributed by atoms with Crippen LogP contribution in [0.1, 0.15) is 70.1 Å². The van der Waals surface area contributed by atoms with Gasteiger partial charge in [0.25, 0.3) is 5.91 Å². The molecule has 39 heavy (non-hydrogen) atoms. The molecule has 0 saturated heterocycles. The van der Waals surface area contributed by atoms with Gasteiger partial charge in [0.15, 0.2) is 0 Å². The summed E-state index contributed by atoms with van der Waals surface area (Å²) in [6, 6.07) is 24.3. The van der Waals surface area contributed by atoms with Crippen molar-refractivity contribution in [3.63, 3.8) is 0 Å². The number of nitrogens with zero attached hydrogens (tertiary/aromatic N) is 3. The molecule has 0 fully saturated rings. The highest BCUT2D eigenvalue weighted by Gasteiger charge is 2.15. The molecule has 0 radical (unpaired) electrons. The van der Waals surface area contributed by atoms with Crippen LogP contribution in [0.5, 0.6) is 0 Å². The summed E-state index contributed by atoms with van der Waals surface area (Å²) in [6.45, 7) is 6.84. The van der Waals surface area contributed by atoms with E-state index in [1.807, 2.05) is 54.0 Å². The van der Waals surface area contributed by atoms with Crippen molar-refractivity contribution in [2.45, 2.75) is 39.3 Å². The van der Waals surface area contributed by atoms with E-state index in [2.05, 4.69) is 41.3 Å². The van der Waals surface area contributed by atoms with Crippen molar-refractivity contribution >= 4 is 22.9 Å². The van der Waals surface area contributed by atoms with Crippen molar-refractivity contribution in [2.24, 2.45) is 0 Å². The fourth-order valence-corrected chi connectivity index (χ4v) is 4.65. The Bertz CT molecular complexity index is 1650. The Morgan fingerprint density at radius 3 is 2.44 bits per heavy atom. The van der Waals surface area contributed by atoms with Crippen LogP contribution < -0.4 is 5.32 Å². The minimum absolute atomic E-state index is 0.123. The molecule has 1 atom stereocenters. The lowest BCUT2D eigenvalue weighted by Crippen LogP contribution is -2.26. The first-order chi connectivity index (χ1) is 18.8. The number of aromatic carboxylic acids is 1. The molecule has 2 heterocycles. The van der Waals surface area contributed by atoms with Gasteiger partial charge < -0.3 is 15.0 Å². The average Bonchev–Trinajstić information content (AvgIpc) is 3.35. The molecule has 196 valence electrons. The predicted molar refractivity (Wildman–Crippen MR) is 152 cm³/mol. The van der Waals surface area contributed by atoms with Gasteiger partial charge in [-0.3, -0.25) is 9.78 Å². The number of carboxylic acid groups (broad SMARTS) is 1. The summed E-state index contributed by atoms with van der Waals surface area (Å²) < 4.78 is 2.00. The molecule has 7 heteroatoms. The molecule has 5 rings (SSSR count).